The van der Waals surface area contributed by atoms with Crippen LogP contribution < -0.4 is 4.90 Å². The summed E-state index contributed by atoms with van der Waals surface area (Å²) in [5.74, 6) is 1.08. The minimum Gasteiger partial charge on any atom is -0.353 e. The van der Waals surface area contributed by atoms with Gasteiger partial charge in [-0.3, -0.25) is 4.79 Å². The summed E-state index contributed by atoms with van der Waals surface area (Å²) in [7, 11) is 0. The van der Waals surface area contributed by atoms with Gasteiger partial charge in [0, 0.05) is 49.3 Å². The number of hydrogen-bond donors (Lipinski definition) is 0. The van der Waals surface area contributed by atoms with E-state index < -0.39 is 0 Å². The third-order valence-corrected chi connectivity index (χ3v) is 6.23. The first-order valence-electron chi connectivity index (χ1n) is 11.3. The number of piperazine rings is 1. The highest BCUT2D eigenvalue weighted by molar-refractivity contribution is 6.13. The number of hydrogen-bond acceptors (Lipinski definition) is 3. The van der Waals surface area contributed by atoms with Crippen LogP contribution in [0.2, 0.25) is 0 Å². The van der Waals surface area contributed by atoms with E-state index in [9.17, 15) is 4.79 Å². The third-order valence-electron chi connectivity index (χ3n) is 6.23. The molecule has 170 valence electrons. The molecule has 1 aliphatic rings. The molecule has 6 heteroatoms. The average Bonchev–Trinajstić information content (AvgIpc) is 3.20. The molecule has 5 nitrogen and oxygen atoms in total. The number of amides is 1. The Bertz CT molecular complexity index is 1230. The molecule has 0 radical (unpaired) electrons. The summed E-state index contributed by atoms with van der Waals surface area (Å²) in [5, 5.41) is 1.03. The van der Waals surface area contributed by atoms with Crippen molar-refractivity contribution in [3.63, 3.8) is 0 Å². The molecular formula is C27H29ClN4O. The zero-order chi connectivity index (χ0) is 22.1. The van der Waals surface area contributed by atoms with Crippen LogP contribution in [0.25, 0.3) is 22.2 Å². The van der Waals surface area contributed by atoms with E-state index in [1.54, 1.807) is 0 Å². The van der Waals surface area contributed by atoms with Gasteiger partial charge in [-0.25, -0.2) is 4.98 Å². The molecular weight excluding hydrogens is 432 g/mol. The first kappa shape index (κ1) is 22.9. The molecule has 1 amide bonds. The van der Waals surface area contributed by atoms with E-state index in [0.717, 1.165) is 46.6 Å². The zero-order valence-electron chi connectivity index (χ0n) is 19.0. The second kappa shape index (κ2) is 9.67. The Balaban J connectivity index is 0.00000259. The quantitative estimate of drug-likeness (QED) is 0.394. The summed E-state index contributed by atoms with van der Waals surface area (Å²) in [5.41, 5.74) is 4.01. The number of pyridine rings is 1. The standard InChI is InChI=1S/C27H28N4O.ClH/c1-20(2)31-23-13-7-6-12-22(23)25(26(31)21-10-4-3-5-11-21)27(32)30-18-16-29(17-19-30)24-14-8-9-15-28-24;/h3-15,20H,16-19H2,1-2H3;1H. The molecule has 2 aromatic carbocycles. The van der Waals surface area contributed by atoms with Gasteiger partial charge < -0.3 is 14.4 Å². The van der Waals surface area contributed by atoms with Crippen LogP contribution in [0.3, 0.4) is 0 Å². The molecule has 3 heterocycles. The lowest BCUT2D eigenvalue weighted by molar-refractivity contribution is 0.0749. The van der Waals surface area contributed by atoms with Crippen molar-refractivity contribution in [2.45, 2.75) is 19.9 Å². The maximum atomic E-state index is 14.0. The van der Waals surface area contributed by atoms with Crippen molar-refractivity contribution in [1.29, 1.82) is 0 Å². The Morgan fingerprint density at radius 3 is 2.18 bits per heavy atom. The van der Waals surface area contributed by atoms with Crippen molar-refractivity contribution in [2.75, 3.05) is 31.1 Å². The minimum atomic E-state index is 0. The first-order valence-corrected chi connectivity index (χ1v) is 11.3. The average molecular weight is 461 g/mol. The largest absolute Gasteiger partial charge is 0.353 e. The van der Waals surface area contributed by atoms with Crippen molar-refractivity contribution < 1.29 is 4.79 Å². The highest BCUT2D eigenvalue weighted by Gasteiger charge is 2.30. The van der Waals surface area contributed by atoms with Crippen molar-refractivity contribution in [3.05, 3.63) is 84.6 Å². The van der Waals surface area contributed by atoms with Gasteiger partial charge in [-0.05, 0) is 37.6 Å². The number of rotatable bonds is 4. The molecule has 0 aliphatic carbocycles. The van der Waals surface area contributed by atoms with Gasteiger partial charge in [-0.1, -0.05) is 54.6 Å². The van der Waals surface area contributed by atoms with Crippen LogP contribution in [0.5, 0.6) is 0 Å². The molecule has 5 rings (SSSR count). The fourth-order valence-electron chi connectivity index (χ4n) is 4.73. The van der Waals surface area contributed by atoms with Crippen LogP contribution in [-0.4, -0.2) is 46.5 Å². The smallest absolute Gasteiger partial charge is 0.256 e. The lowest BCUT2D eigenvalue weighted by atomic mass is 10.0. The molecule has 1 aliphatic heterocycles. The minimum absolute atomic E-state index is 0. The van der Waals surface area contributed by atoms with Gasteiger partial charge in [0.2, 0.25) is 0 Å². The Morgan fingerprint density at radius 2 is 1.52 bits per heavy atom. The summed E-state index contributed by atoms with van der Waals surface area (Å²) < 4.78 is 2.31. The predicted molar refractivity (Wildman–Crippen MR) is 137 cm³/mol. The van der Waals surface area contributed by atoms with Crippen molar-refractivity contribution >= 4 is 35.0 Å². The third kappa shape index (κ3) is 4.21. The SMILES string of the molecule is CC(C)n1c(-c2ccccc2)c(C(=O)N2CCN(c3ccccn3)CC2)c2ccccc21.Cl. The van der Waals surface area contributed by atoms with Crippen molar-refractivity contribution in [3.8, 4) is 11.3 Å². The Labute approximate surface area is 201 Å². The lowest BCUT2D eigenvalue weighted by Gasteiger charge is -2.35. The number of halogens is 1. The van der Waals surface area contributed by atoms with Gasteiger partial charge in [-0.2, -0.15) is 0 Å². The number of carbonyl (C=O) groups is 1. The van der Waals surface area contributed by atoms with Crippen molar-refractivity contribution in [1.82, 2.24) is 14.5 Å². The van der Waals surface area contributed by atoms with E-state index in [0.29, 0.717) is 13.1 Å². The molecule has 0 atom stereocenters. The number of benzene rings is 2. The molecule has 1 fully saturated rings. The second-order valence-electron chi connectivity index (χ2n) is 8.54. The molecule has 4 aromatic rings. The molecule has 0 unspecified atom stereocenters. The predicted octanol–water partition coefficient (Wildman–Crippen LogP) is 5.67. The highest BCUT2D eigenvalue weighted by Crippen LogP contribution is 2.37. The van der Waals surface area contributed by atoms with Gasteiger partial charge in [0.1, 0.15) is 5.82 Å². The van der Waals surface area contributed by atoms with E-state index in [1.165, 1.54) is 0 Å². The molecule has 2 aromatic heterocycles. The van der Waals surface area contributed by atoms with E-state index in [2.05, 4.69) is 58.6 Å². The van der Waals surface area contributed by atoms with Crippen molar-refractivity contribution in [2.24, 2.45) is 0 Å². The summed E-state index contributed by atoms with van der Waals surface area (Å²) in [6.45, 7) is 7.30. The maximum absolute atomic E-state index is 14.0. The number of anilines is 1. The van der Waals surface area contributed by atoms with Crippen LogP contribution in [0, 0.1) is 0 Å². The topological polar surface area (TPSA) is 41.4 Å². The Morgan fingerprint density at radius 1 is 0.848 bits per heavy atom. The summed E-state index contributed by atoms with van der Waals surface area (Å²) in [6.07, 6.45) is 1.82. The zero-order valence-corrected chi connectivity index (χ0v) is 19.8. The fraction of sp³-hybridized carbons (Fsp3) is 0.259. The number of nitrogens with zero attached hydrogens (tertiary/aromatic N) is 4. The lowest BCUT2D eigenvalue weighted by Crippen LogP contribution is -2.49. The fourth-order valence-corrected chi connectivity index (χ4v) is 4.73. The molecule has 0 spiro atoms. The second-order valence-corrected chi connectivity index (χ2v) is 8.54. The van der Waals surface area contributed by atoms with Gasteiger partial charge in [-0.15, -0.1) is 12.4 Å². The van der Waals surface area contributed by atoms with Crippen LogP contribution in [0.1, 0.15) is 30.2 Å². The molecule has 0 N–H and O–H groups in total. The van der Waals surface area contributed by atoms with Gasteiger partial charge in [0.25, 0.3) is 5.91 Å². The summed E-state index contributed by atoms with van der Waals surface area (Å²) >= 11 is 0. The molecule has 1 saturated heterocycles. The van der Waals surface area contributed by atoms with Crippen LogP contribution in [0.4, 0.5) is 5.82 Å². The Kier molecular flexibility index (Phi) is 6.70. The number of fused-ring (bicyclic) bond motifs is 1. The monoisotopic (exact) mass is 460 g/mol. The number of aromatic nitrogens is 2. The summed E-state index contributed by atoms with van der Waals surface area (Å²) in [4.78, 5) is 22.7. The van der Waals surface area contributed by atoms with Gasteiger partial charge >= 0.3 is 0 Å². The van der Waals surface area contributed by atoms with Gasteiger partial charge in [0.05, 0.1) is 11.3 Å². The molecule has 0 bridgehead atoms. The van der Waals surface area contributed by atoms with E-state index in [-0.39, 0.29) is 24.4 Å². The van der Waals surface area contributed by atoms with Gasteiger partial charge in [0.15, 0.2) is 0 Å². The normalized spacial score (nSPS) is 13.9. The number of carbonyl (C=O) groups excluding carboxylic acids is 1. The van der Waals surface area contributed by atoms with E-state index in [4.69, 9.17) is 0 Å². The number of para-hydroxylation sites is 1. The first-order chi connectivity index (χ1) is 15.6. The molecule has 33 heavy (non-hydrogen) atoms. The highest BCUT2D eigenvalue weighted by atomic mass is 35.5. The van der Waals surface area contributed by atoms with E-state index in [1.807, 2.05) is 53.6 Å². The molecule has 0 saturated carbocycles. The Hall–Kier alpha value is -3.31. The van der Waals surface area contributed by atoms with E-state index >= 15 is 0 Å². The summed E-state index contributed by atoms with van der Waals surface area (Å²) in [6, 6.07) is 24.8. The maximum Gasteiger partial charge on any atom is 0.256 e. The van der Waals surface area contributed by atoms with Crippen LogP contribution >= 0.6 is 12.4 Å². The van der Waals surface area contributed by atoms with Crippen LogP contribution in [-0.2, 0) is 0 Å². The van der Waals surface area contributed by atoms with Crippen LogP contribution in [0.15, 0.2) is 79.0 Å².